The van der Waals surface area contributed by atoms with Crippen LogP contribution in [0.15, 0.2) is 0 Å². The summed E-state index contributed by atoms with van der Waals surface area (Å²) in [5, 5.41) is 0. The fourth-order valence-electron chi connectivity index (χ4n) is 3.56. The standard InChI is InChI=1S/C15H31N3O/c1-17-8-4-14(5-9-17)12-18(2)15(13-16)6-3-10-19-11-7-15/h14H,3-13,16H2,1-2H3. The van der Waals surface area contributed by atoms with Crippen LogP contribution in [-0.2, 0) is 4.74 Å². The van der Waals surface area contributed by atoms with Crippen LogP contribution >= 0.6 is 0 Å². The number of ether oxygens (including phenoxy) is 1. The van der Waals surface area contributed by atoms with Crippen LogP contribution in [0.3, 0.4) is 0 Å². The van der Waals surface area contributed by atoms with Gasteiger partial charge in [-0.05, 0) is 65.2 Å². The van der Waals surface area contributed by atoms with Crippen molar-refractivity contribution in [2.45, 2.75) is 37.6 Å². The summed E-state index contributed by atoms with van der Waals surface area (Å²) in [5.74, 6) is 0.841. The quantitative estimate of drug-likeness (QED) is 0.831. The molecule has 2 aliphatic heterocycles. The van der Waals surface area contributed by atoms with Gasteiger partial charge >= 0.3 is 0 Å². The zero-order valence-corrected chi connectivity index (χ0v) is 12.7. The van der Waals surface area contributed by atoms with Gasteiger partial charge in [-0.15, -0.1) is 0 Å². The van der Waals surface area contributed by atoms with Crippen LogP contribution in [0.5, 0.6) is 0 Å². The number of piperidine rings is 1. The van der Waals surface area contributed by atoms with Crippen LogP contribution in [0.1, 0.15) is 32.1 Å². The van der Waals surface area contributed by atoms with Gasteiger partial charge in [-0.25, -0.2) is 0 Å². The van der Waals surface area contributed by atoms with E-state index in [1.165, 1.54) is 38.9 Å². The van der Waals surface area contributed by atoms with Crippen molar-refractivity contribution in [1.29, 1.82) is 0 Å². The molecule has 2 saturated heterocycles. The van der Waals surface area contributed by atoms with Gasteiger partial charge in [0.1, 0.15) is 0 Å². The Kier molecular flexibility index (Phi) is 5.63. The van der Waals surface area contributed by atoms with Crippen molar-refractivity contribution in [3.8, 4) is 0 Å². The average Bonchev–Trinajstić information content (AvgIpc) is 2.67. The van der Waals surface area contributed by atoms with Gasteiger partial charge in [0, 0.05) is 31.8 Å². The maximum atomic E-state index is 6.13. The molecule has 0 aromatic heterocycles. The minimum atomic E-state index is 0.180. The first-order chi connectivity index (χ1) is 9.16. The summed E-state index contributed by atoms with van der Waals surface area (Å²) >= 11 is 0. The van der Waals surface area contributed by atoms with Gasteiger partial charge in [0.25, 0.3) is 0 Å². The van der Waals surface area contributed by atoms with E-state index in [4.69, 9.17) is 10.5 Å². The van der Waals surface area contributed by atoms with E-state index in [9.17, 15) is 0 Å². The molecule has 0 spiro atoms. The number of likely N-dealkylation sites (N-methyl/N-ethyl adjacent to an activating group) is 1. The number of hydrogen-bond donors (Lipinski definition) is 1. The maximum absolute atomic E-state index is 6.13. The fourth-order valence-corrected chi connectivity index (χ4v) is 3.56. The largest absolute Gasteiger partial charge is 0.381 e. The van der Waals surface area contributed by atoms with Crippen molar-refractivity contribution in [1.82, 2.24) is 9.80 Å². The lowest BCUT2D eigenvalue weighted by molar-refractivity contribution is 0.0640. The van der Waals surface area contributed by atoms with Crippen LogP contribution < -0.4 is 5.73 Å². The Hall–Kier alpha value is -0.160. The molecule has 0 aromatic carbocycles. The Bertz CT molecular complexity index is 256. The molecule has 1 atom stereocenters. The number of likely N-dealkylation sites (tertiary alicyclic amines) is 1. The highest BCUT2D eigenvalue weighted by atomic mass is 16.5. The number of nitrogens with zero attached hydrogens (tertiary/aromatic N) is 2. The van der Waals surface area contributed by atoms with Crippen molar-refractivity contribution >= 4 is 0 Å². The molecule has 19 heavy (non-hydrogen) atoms. The van der Waals surface area contributed by atoms with E-state index in [0.717, 1.165) is 38.5 Å². The first-order valence-electron chi connectivity index (χ1n) is 7.84. The molecule has 0 radical (unpaired) electrons. The monoisotopic (exact) mass is 269 g/mol. The third-order valence-corrected chi connectivity index (χ3v) is 5.20. The van der Waals surface area contributed by atoms with Crippen LogP contribution in [0.4, 0.5) is 0 Å². The molecule has 0 saturated carbocycles. The lowest BCUT2D eigenvalue weighted by atomic mass is 9.87. The summed E-state index contributed by atoms with van der Waals surface area (Å²) in [4.78, 5) is 4.99. The summed E-state index contributed by atoms with van der Waals surface area (Å²) in [7, 11) is 4.50. The lowest BCUT2D eigenvalue weighted by Crippen LogP contribution is -2.54. The highest BCUT2D eigenvalue weighted by Crippen LogP contribution is 2.28. The second-order valence-electron chi connectivity index (χ2n) is 6.52. The predicted molar refractivity (Wildman–Crippen MR) is 79.3 cm³/mol. The minimum absolute atomic E-state index is 0.180. The maximum Gasteiger partial charge on any atom is 0.0484 e. The topological polar surface area (TPSA) is 41.7 Å². The first kappa shape index (κ1) is 15.2. The van der Waals surface area contributed by atoms with Gasteiger partial charge in [0.15, 0.2) is 0 Å². The van der Waals surface area contributed by atoms with Crippen molar-refractivity contribution in [2.75, 3.05) is 53.5 Å². The number of rotatable bonds is 4. The summed E-state index contributed by atoms with van der Waals surface area (Å²) in [6.07, 6.45) is 6.09. The molecule has 0 aliphatic carbocycles. The Labute approximate surface area is 118 Å². The molecule has 4 nitrogen and oxygen atoms in total. The van der Waals surface area contributed by atoms with E-state index >= 15 is 0 Å². The average molecular weight is 269 g/mol. The second kappa shape index (κ2) is 7.02. The van der Waals surface area contributed by atoms with Crippen molar-refractivity contribution in [3.63, 3.8) is 0 Å². The molecule has 2 rings (SSSR count). The lowest BCUT2D eigenvalue weighted by Gasteiger charge is -2.43. The molecule has 0 aromatic rings. The third kappa shape index (κ3) is 3.91. The van der Waals surface area contributed by atoms with Crippen LogP contribution in [-0.4, -0.2) is 68.8 Å². The van der Waals surface area contributed by atoms with Crippen molar-refractivity contribution < 1.29 is 4.74 Å². The van der Waals surface area contributed by atoms with Gasteiger partial charge in [-0.2, -0.15) is 0 Å². The SMILES string of the molecule is CN1CCC(CN(C)C2(CN)CCCOCC2)CC1. The van der Waals surface area contributed by atoms with Gasteiger partial charge in [0.2, 0.25) is 0 Å². The molecule has 2 aliphatic rings. The molecule has 0 bridgehead atoms. The number of hydrogen-bond acceptors (Lipinski definition) is 4. The summed E-state index contributed by atoms with van der Waals surface area (Å²) in [5.41, 5.74) is 6.31. The van der Waals surface area contributed by atoms with Crippen molar-refractivity contribution in [2.24, 2.45) is 11.7 Å². The van der Waals surface area contributed by atoms with Gasteiger partial charge in [0.05, 0.1) is 0 Å². The normalized spacial score (nSPS) is 31.6. The van der Waals surface area contributed by atoms with Gasteiger partial charge in [-0.1, -0.05) is 0 Å². The summed E-state index contributed by atoms with van der Waals surface area (Å²) in [6.45, 7) is 6.23. The molecule has 112 valence electrons. The summed E-state index contributed by atoms with van der Waals surface area (Å²) in [6, 6.07) is 0. The van der Waals surface area contributed by atoms with E-state index in [0.29, 0.717) is 0 Å². The smallest absolute Gasteiger partial charge is 0.0484 e. The zero-order chi connectivity index (χ0) is 13.7. The molecule has 2 N–H and O–H groups in total. The molecule has 1 unspecified atom stereocenters. The molecule has 4 heteroatoms. The molecular formula is C15H31N3O. The Morgan fingerprint density at radius 3 is 2.68 bits per heavy atom. The van der Waals surface area contributed by atoms with Crippen LogP contribution in [0.2, 0.25) is 0 Å². The molecule has 2 heterocycles. The van der Waals surface area contributed by atoms with Crippen molar-refractivity contribution in [3.05, 3.63) is 0 Å². The number of nitrogens with two attached hydrogens (primary N) is 1. The van der Waals surface area contributed by atoms with Crippen LogP contribution in [0, 0.1) is 5.92 Å². The Morgan fingerprint density at radius 1 is 1.26 bits per heavy atom. The highest BCUT2D eigenvalue weighted by Gasteiger charge is 2.35. The molecule has 2 fully saturated rings. The Morgan fingerprint density at radius 2 is 2.00 bits per heavy atom. The minimum Gasteiger partial charge on any atom is -0.381 e. The van der Waals surface area contributed by atoms with Crippen LogP contribution in [0.25, 0.3) is 0 Å². The highest BCUT2D eigenvalue weighted by molar-refractivity contribution is 4.92. The summed E-state index contributed by atoms with van der Waals surface area (Å²) < 4.78 is 5.62. The molecular weight excluding hydrogens is 238 g/mol. The second-order valence-corrected chi connectivity index (χ2v) is 6.52. The van der Waals surface area contributed by atoms with Gasteiger partial charge in [-0.3, -0.25) is 4.90 Å². The van der Waals surface area contributed by atoms with E-state index in [2.05, 4.69) is 23.9 Å². The van der Waals surface area contributed by atoms with E-state index in [1.54, 1.807) is 0 Å². The molecule has 0 amide bonds. The van der Waals surface area contributed by atoms with E-state index in [-0.39, 0.29) is 5.54 Å². The zero-order valence-electron chi connectivity index (χ0n) is 12.7. The van der Waals surface area contributed by atoms with E-state index in [1.807, 2.05) is 0 Å². The Balaban J connectivity index is 1.90. The first-order valence-corrected chi connectivity index (χ1v) is 7.84. The van der Waals surface area contributed by atoms with Gasteiger partial charge < -0.3 is 15.4 Å². The third-order valence-electron chi connectivity index (χ3n) is 5.20. The van der Waals surface area contributed by atoms with E-state index < -0.39 is 0 Å². The predicted octanol–water partition coefficient (Wildman–Crippen LogP) is 1.16. The fraction of sp³-hybridized carbons (Fsp3) is 1.00.